The molecule has 3 aliphatic rings. The quantitative estimate of drug-likeness (QED) is 0.498. The van der Waals surface area contributed by atoms with Gasteiger partial charge in [-0.05, 0) is 38.0 Å². The number of ether oxygens (including phenoxy) is 1. The molecule has 2 bridgehead atoms. The van der Waals surface area contributed by atoms with Crippen LogP contribution in [0.5, 0.6) is 0 Å². The summed E-state index contributed by atoms with van der Waals surface area (Å²) in [6, 6.07) is 0. The van der Waals surface area contributed by atoms with Crippen LogP contribution in [0, 0.1) is 17.8 Å². The molecule has 2 unspecified atom stereocenters. The van der Waals surface area contributed by atoms with Crippen molar-refractivity contribution in [1.82, 2.24) is 0 Å². The summed E-state index contributed by atoms with van der Waals surface area (Å²) in [7, 11) is 1.00. The zero-order valence-electron chi connectivity index (χ0n) is 15.3. The van der Waals surface area contributed by atoms with Gasteiger partial charge in [0.25, 0.3) is 11.2 Å². The Balaban J connectivity index is 0.000000304. The van der Waals surface area contributed by atoms with Crippen LogP contribution in [0.15, 0.2) is 0 Å². The summed E-state index contributed by atoms with van der Waals surface area (Å²) in [5.74, 6) is -2.03. The van der Waals surface area contributed by atoms with Crippen LogP contribution in [-0.4, -0.2) is 59.3 Å². The Labute approximate surface area is 162 Å². The van der Waals surface area contributed by atoms with Crippen LogP contribution < -0.4 is 0 Å². The van der Waals surface area contributed by atoms with Crippen LogP contribution in [0.3, 0.4) is 0 Å². The number of alkyl halides is 12. The SMILES string of the molecule is CC(O)(C(F)(F)F)C(F)(F)F.CO.FC(F)(F)C1(C(F)(F)F)OC2C[C@@H]3CC1[C@H]2C3. The molecule has 15 heteroatoms. The molecule has 0 aromatic carbocycles. The number of rotatable bonds is 0. The fraction of sp³-hybridized carbons (Fsp3) is 1.00. The van der Waals surface area contributed by atoms with Crippen molar-refractivity contribution in [2.24, 2.45) is 17.8 Å². The molecule has 3 fully saturated rings. The molecule has 2 N–H and O–H groups in total. The van der Waals surface area contributed by atoms with Crippen molar-refractivity contribution in [3.05, 3.63) is 0 Å². The van der Waals surface area contributed by atoms with Crippen molar-refractivity contribution >= 4 is 0 Å². The lowest BCUT2D eigenvalue weighted by molar-refractivity contribution is -0.383. The van der Waals surface area contributed by atoms with Gasteiger partial charge in [0.15, 0.2) is 0 Å². The average molecular weight is 474 g/mol. The Morgan fingerprint density at radius 3 is 1.37 bits per heavy atom. The van der Waals surface area contributed by atoms with Crippen molar-refractivity contribution < 1.29 is 67.6 Å². The predicted molar refractivity (Wildman–Crippen MR) is 74.9 cm³/mol. The standard InChI is InChI=1S/C10H10F6O.C4H4F6O.CH4O/c11-9(12,13)8(10(14,15)16)6-2-4-1-5(6)7(3-4)17-8;1-2(11,3(5,6)7)4(8,9)10;1-2/h4-7H,1-3H2;11H,1H3;2H,1H3/t4-,5+,6?,7?;;/m0../s1. The second kappa shape index (κ2) is 7.87. The number of halogens is 12. The molecule has 2 saturated carbocycles. The Kier molecular flexibility index (Phi) is 7.10. The highest BCUT2D eigenvalue weighted by atomic mass is 19.4. The van der Waals surface area contributed by atoms with E-state index in [1.807, 2.05) is 0 Å². The third-order valence-electron chi connectivity index (χ3n) is 5.56. The van der Waals surface area contributed by atoms with Gasteiger partial charge in [-0.25, -0.2) is 0 Å². The first-order valence-corrected chi connectivity index (χ1v) is 8.28. The highest BCUT2D eigenvalue weighted by molar-refractivity contribution is 5.16. The van der Waals surface area contributed by atoms with E-state index in [-0.39, 0.29) is 19.3 Å². The van der Waals surface area contributed by atoms with E-state index in [4.69, 9.17) is 10.2 Å². The van der Waals surface area contributed by atoms with E-state index in [2.05, 4.69) is 4.74 Å². The first kappa shape index (κ1) is 27.1. The molecule has 0 aromatic heterocycles. The third-order valence-corrected chi connectivity index (χ3v) is 5.56. The molecule has 0 aromatic rings. The summed E-state index contributed by atoms with van der Waals surface area (Å²) in [4.78, 5) is 0. The van der Waals surface area contributed by atoms with Gasteiger partial charge in [-0.15, -0.1) is 0 Å². The van der Waals surface area contributed by atoms with Crippen LogP contribution in [0.4, 0.5) is 52.7 Å². The summed E-state index contributed by atoms with van der Waals surface area (Å²) < 4.78 is 150. The van der Waals surface area contributed by atoms with Gasteiger partial charge in [-0.3, -0.25) is 0 Å². The lowest BCUT2D eigenvalue weighted by Crippen LogP contribution is -2.60. The fourth-order valence-corrected chi connectivity index (χ4v) is 4.09. The van der Waals surface area contributed by atoms with Crippen molar-refractivity contribution in [2.45, 2.75) is 68.2 Å². The van der Waals surface area contributed by atoms with Crippen LogP contribution in [0.2, 0.25) is 0 Å². The molecular formula is C15H18F12O3. The molecule has 2 aliphatic carbocycles. The van der Waals surface area contributed by atoms with E-state index in [1.165, 1.54) is 0 Å². The summed E-state index contributed by atoms with van der Waals surface area (Å²) in [6.45, 7) is -0.340. The second-order valence-electron chi connectivity index (χ2n) is 7.30. The van der Waals surface area contributed by atoms with Gasteiger partial charge >= 0.3 is 24.7 Å². The average Bonchev–Trinajstić information content (AvgIpc) is 3.13. The van der Waals surface area contributed by atoms with E-state index in [1.54, 1.807) is 0 Å². The predicted octanol–water partition coefficient (Wildman–Crippen LogP) is 4.77. The van der Waals surface area contributed by atoms with Gasteiger partial charge in [0.2, 0.25) is 0 Å². The van der Waals surface area contributed by atoms with Crippen LogP contribution in [0.25, 0.3) is 0 Å². The first-order valence-electron chi connectivity index (χ1n) is 8.28. The molecule has 0 spiro atoms. The maximum atomic E-state index is 12.9. The second-order valence-corrected chi connectivity index (χ2v) is 7.30. The van der Waals surface area contributed by atoms with Gasteiger partial charge in [-0.1, -0.05) is 0 Å². The molecule has 0 radical (unpaired) electrons. The minimum Gasteiger partial charge on any atom is -0.400 e. The Hall–Kier alpha value is -0.960. The van der Waals surface area contributed by atoms with Crippen molar-refractivity contribution in [1.29, 1.82) is 0 Å². The van der Waals surface area contributed by atoms with Gasteiger partial charge < -0.3 is 14.9 Å². The molecular weight excluding hydrogens is 456 g/mol. The monoisotopic (exact) mass is 474 g/mol. The maximum Gasteiger partial charge on any atom is 0.426 e. The summed E-state index contributed by atoms with van der Waals surface area (Å²) in [6.07, 6.45) is -22.2. The first-order chi connectivity index (χ1) is 13.2. The van der Waals surface area contributed by atoms with Crippen molar-refractivity contribution in [3.63, 3.8) is 0 Å². The highest BCUT2D eigenvalue weighted by Crippen LogP contribution is 2.67. The van der Waals surface area contributed by atoms with Gasteiger partial charge in [0.05, 0.1) is 6.10 Å². The lowest BCUT2D eigenvalue weighted by Gasteiger charge is -2.37. The van der Waals surface area contributed by atoms with Gasteiger partial charge in [0, 0.05) is 13.0 Å². The van der Waals surface area contributed by atoms with Crippen LogP contribution in [-0.2, 0) is 4.74 Å². The largest absolute Gasteiger partial charge is 0.426 e. The van der Waals surface area contributed by atoms with E-state index in [0.29, 0.717) is 12.8 Å². The maximum absolute atomic E-state index is 12.9. The molecule has 1 heterocycles. The molecule has 1 aliphatic heterocycles. The topological polar surface area (TPSA) is 49.7 Å². The van der Waals surface area contributed by atoms with Gasteiger partial charge in [-0.2, -0.15) is 52.7 Å². The Morgan fingerprint density at radius 1 is 0.733 bits per heavy atom. The molecule has 3 nitrogen and oxygen atoms in total. The summed E-state index contributed by atoms with van der Waals surface area (Å²) in [5.41, 5.74) is -8.54. The Bertz CT molecular complexity index is 558. The Morgan fingerprint density at radius 2 is 1.13 bits per heavy atom. The summed E-state index contributed by atoms with van der Waals surface area (Å²) in [5, 5.41) is 14.9. The molecule has 180 valence electrons. The van der Waals surface area contributed by atoms with Crippen molar-refractivity contribution in [3.8, 4) is 0 Å². The van der Waals surface area contributed by atoms with Crippen LogP contribution >= 0.6 is 0 Å². The minimum absolute atomic E-state index is 0.0137. The van der Waals surface area contributed by atoms with Crippen molar-refractivity contribution in [2.75, 3.05) is 7.11 Å². The van der Waals surface area contributed by atoms with Gasteiger partial charge in [0.1, 0.15) is 0 Å². The zero-order valence-corrected chi connectivity index (χ0v) is 15.3. The van der Waals surface area contributed by atoms with E-state index >= 15 is 0 Å². The highest BCUT2D eigenvalue weighted by Gasteiger charge is 2.82. The number of hydrogen-bond donors (Lipinski definition) is 2. The van der Waals surface area contributed by atoms with E-state index in [0.717, 1.165) is 7.11 Å². The summed E-state index contributed by atoms with van der Waals surface area (Å²) >= 11 is 0. The number of hydrogen-bond acceptors (Lipinski definition) is 3. The lowest BCUT2D eigenvalue weighted by atomic mass is 9.78. The zero-order chi connectivity index (χ0) is 24.1. The molecule has 4 atom stereocenters. The third kappa shape index (κ3) is 4.20. The van der Waals surface area contributed by atoms with Crippen LogP contribution in [0.1, 0.15) is 26.2 Å². The normalized spacial score (nSPS) is 30.4. The minimum atomic E-state index is -5.69. The number of fused-ring (bicyclic) bond motifs is 1. The smallest absolute Gasteiger partial charge is 0.400 e. The number of aliphatic hydroxyl groups is 2. The fourth-order valence-electron chi connectivity index (χ4n) is 4.09. The van der Waals surface area contributed by atoms with E-state index < -0.39 is 53.8 Å². The molecule has 1 saturated heterocycles. The van der Waals surface area contributed by atoms with E-state index in [9.17, 15) is 52.7 Å². The number of aliphatic hydroxyl groups excluding tert-OH is 1. The molecule has 0 amide bonds. The molecule has 30 heavy (non-hydrogen) atoms. The molecule has 3 rings (SSSR count).